The number of benzene rings is 1. The molecule has 0 aliphatic rings. The Balaban J connectivity index is 2.40. The number of hydrogen-bond acceptors (Lipinski definition) is 3. The minimum atomic E-state index is 0.610. The maximum atomic E-state index is 3.97. The summed E-state index contributed by atoms with van der Waals surface area (Å²) >= 11 is 3.38. The zero-order chi connectivity index (χ0) is 10.7. The van der Waals surface area contributed by atoms with Gasteiger partial charge in [0.15, 0.2) is 5.82 Å². The van der Waals surface area contributed by atoms with Gasteiger partial charge < -0.3 is 0 Å². The van der Waals surface area contributed by atoms with Crippen LogP contribution in [0.2, 0.25) is 0 Å². The Morgan fingerprint density at radius 2 is 2.07 bits per heavy atom. The maximum absolute atomic E-state index is 3.97. The summed E-state index contributed by atoms with van der Waals surface area (Å²) in [6.07, 6.45) is 1.76. The van der Waals surface area contributed by atoms with E-state index in [-0.39, 0.29) is 0 Å². The number of tetrazole rings is 1. The van der Waals surface area contributed by atoms with Crippen molar-refractivity contribution in [3.63, 3.8) is 0 Å². The molecule has 0 atom stereocenters. The first kappa shape index (κ1) is 10.0. The summed E-state index contributed by atoms with van der Waals surface area (Å²) in [7, 11) is 0. The van der Waals surface area contributed by atoms with E-state index in [0.29, 0.717) is 6.54 Å². The Hall–Kier alpha value is -1.49. The molecule has 0 aliphatic carbocycles. The van der Waals surface area contributed by atoms with Crippen LogP contribution in [-0.4, -0.2) is 20.2 Å². The van der Waals surface area contributed by atoms with Crippen molar-refractivity contribution in [1.82, 2.24) is 20.2 Å². The van der Waals surface area contributed by atoms with Crippen LogP contribution in [-0.2, 0) is 6.54 Å². The minimum Gasteiger partial charge on any atom is -0.222 e. The average molecular weight is 265 g/mol. The number of aromatic nitrogens is 4. The van der Waals surface area contributed by atoms with E-state index in [4.69, 9.17) is 0 Å². The molecule has 1 heterocycles. The third-order valence-corrected chi connectivity index (χ3v) is 2.47. The average Bonchev–Trinajstić information content (AvgIpc) is 2.68. The first-order valence-corrected chi connectivity index (χ1v) is 5.23. The molecule has 0 unspecified atom stereocenters. The molecule has 0 saturated heterocycles. The molecule has 0 aliphatic heterocycles. The molecular formula is C10H9BrN4. The number of nitrogens with zero attached hydrogens (tertiary/aromatic N) is 4. The number of rotatable bonds is 3. The molecule has 4 nitrogen and oxygen atoms in total. The summed E-state index contributed by atoms with van der Waals surface area (Å²) in [6, 6.07) is 7.86. The van der Waals surface area contributed by atoms with Crippen molar-refractivity contribution in [2.75, 3.05) is 0 Å². The fourth-order valence-corrected chi connectivity index (χ4v) is 1.52. The van der Waals surface area contributed by atoms with Gasteiger partial charge in [-0.2, -0.15) is 0 Å². The van der Waals surface area contributed by atoms with E-state index >= 15 is 0 Å². The van der Waals surface area contributed by atoms with E-state index in [9.17, 15) is 0 Å². The van der Waals surface area contributed by atoms with Gasteiger partial charge in [-0.05, 0) is 22.6 Å². The molecule has 5 heteroatoms. The molecule has 1 aromatic carbocycles. The van der Waals surface area contributed by atoms with Crippen LogP contribution < -0.4 is 0 Å². The highest BCUT2D eigenvalue weighted by atomic mass is 79.9. The smallest absolute Gasteiger partial charge is 0.182 e. The molecule has 0 spiro atoms. The second-order valence-electron chi connectivity index (χ2n) is 2.98. The highest BCUT2D eigenvalue weighted by Crippen LogP contribution is 2.18. The van der Waals surface area contributed by atoms with E-state index < -0.39 is 0 Å². The fourth-order valence-electron chi connectivity index (χ4n) is 1.26. The Labute approximate surface area is 95.7 Å². The topological polar surface area (TPSA) is 43.6 Å². The molecular weight excluding hydrogens is 256 g/mol. The van der Waals surface area contributed by atoms with Crippen LogP contribution >= 0.6 is 15.9 Å². The van der Waals surface area contributed by atoms with Gasteiger partial charge in [-0.3, -0.25) is 0 Å². The molecule has 0 N–H and O–H groups in total. The first-order valence-electron chi connectivity index (χ1n) is 4.44. The molecule has 2 aromatic rings. The minimum absolute atomic E-state index is 0.610. The van der Waals surface area contributed by atoms with E-state index in [1.807, 2.05) is 24.3 Å². The fraction of sp³-hybridized carbons (Fsp3) is 0.100. The summed E-state index contributed by atoms with van der Waals surface area (Å²) in [5.74, 6) is 0.752. The second kappa shape index (κ2) is 4.35. The third kappa shape index (κ3) is 2.12. The SMILES string of the molecule is C=CCn1nnnc1-c1ccc(Br)cc1. The van der Waals surface area contributed by atoms with Crippen molar-refractivity contribution in [2.24, 2.45) is 0 Å². The van der Waals surface area contributed by atoms with E-state index in [1.165, 1.54) is 0 Å². The van der Waals surface area contributed by atoms with Crippen molar-refractivity contribution in [3.8, 4) is 11.4 Å². The van der Waals surface area contributed by atoms with Gasteiger partial charge in [-0.15, -0.1) is 11.7 Å². The van der Waals surface area contributed by atoms with Crippen molar-refractivity contribution >= 4 is 15.9 Å². The van der Waals surface area contributed by atoms with Crippen molar-refractivity contribution in [1.29, 1.82) is 0 Å². The molecule has 0 amide bonds. The summed E-state index contributed by atoms with van der Waals surface area (Å²) in [5, 5.41) is 11.5. The van der Waals surface area contributed by atoms with E-state index in [0.717, 1.165) is 15.9 Å². The molecule has 0 radical (unpaired) electrons. The predicted octanol–water partition coefficient (Wildman–Crippen LogP) is 2.29. The summed E-state index contributed by atoms with van der Waals surface area (Å²) in [4.78, 5) is 0. The van der Waals surface area contributed by atoms with Crippen LogP contribution in [0.15, 0.2) is 41.4 Å². The van der Waals surface area contributed by atoms with Gasteiger partial charge in [0.05, 0.1) is 6.54 Å². The summed E-state index contributed by atoms with van der Waals surface area (Å²) in [6.45, 7) is 4.27. The largest absolute Gasteiger partial charge is 0.222 e. The maximum Gasteiger partial charge on any atom is 0.182 e. The summed E-state index contributed by atoms with van der Waals surface area (Å²) in [5.41, 5.74) is 0.991. The Morgan fingerprint density at radius 3 is 2.73 bits per heavy atom. The third-order valence-electron chi connectivity index (χ3n) is 1.94. The Kier molecular flexibility index (Phi) is 2.91. The molecule has 0 bridgehead atoms. The van der Waals surface area contributed by atoms with Crippen molar-refractivity contribution in [2.45, 2.75) is 6.54 Å². The van der Waals surface area contributed by atoms with Gasteiger partial charge in [0.25, 0.3) is 0 Å². The van der Waals surface area contributed by atoms with Crippen LogP contribution in [0.3, 0.4) is 0 Å². The van der Waals surface area contributed by atoms with Crippen molar-refractivity contribution in [3.05, 3.63) is 41.4 Å². The summed E-state index contributed by atoms with van der Waals surface area (Å²) < 4.78 is 2.74. The highest BCUT2D eigenvalue weighted by molar-refractivity contribution is 9.10. The van der Waals surface area contributed by atoms with Crippen molar-refractivity contribution < 1.29 is 0 Å². The van der Waals surface area contributed by atoms with E-state index in [1.54, 1.807) is 10.8 Å². The lowest BCUT2D eigenvalue weighted by atomic mass is 10.2. The van der Waals surface area contributed by atoms with Gasteiger partial charge in [0.1, 0.15) is 0 Å². The molecule has 0 fully saturated rings. The quantitative estimate of drug-likeness (QED) is 0.800. The van der Waals surface area contributed by atoms with Gasteiger partial charge in [-0.25, -0.2) is 4.68 Å². The lowest BCUT2D eigenvalue weighted by Crippen LogP contribution is -2.00. The van der Waals surface area contributed by atoms with Crippen LogP contribution in [0.5, 0.6) is 0 Å². The zero-order valence-corrected chi connectivity index (χ0v) is 9.55. The van der Waals surface area contributed by atoms with Gasteiger partial charge in [0.2, 0.25) is 0 Å². The Morgan fingerprint density at radius 1 is 1.33 bits per heavy atom. The normalized spacial score (nSPS) is 10.2. The highest BCUT2D eigenvalue weighted by Gasteiger charge is 2.06. The second-order valence-corrected chi connectivity index (χ2v) is 3.90. The zero-order valence-electron chi connectivity index (χ0n) is 7.97. The molecule has 2 rings (SSSR count). The Bertz CT molecular complexity index is 461. The van der Waals surface area contributed by atoms with E-state index in [2.05, 4.69) is 38.0 Å². The van der Waals surface area contributed by atoms with Crippen LogP contribution in [0.4, 0.5) is 0 Å². The molecule has 1 aromatic heterocycles. The number of hydrogen-bond donors (Lipinski definition) is 0. The van der Waals surface area contributed by atoms with Gasteiger partial charge in [-0.1, -0.05) is 34.1 Å². The van der Waals surface area contributed by atoms with Gasteiger partial charge >= 0.3 is 0 Å². The number of allylic oxidation sites excluding steroid dienone is 1. The molecule has 15 heavy (non-hydrogen) atoms. The monoisotopic (exact) mass is 264 g/mol. The van der Waals surface area contributed by atoms with Crippen LogP contribution in [0.1, 0.15) is 0 Å². The lowest BCUT2D eigenvalue weighted by molar-refractivity contribution is 0.665. The first-order chi connectivity index (χ1) is 7.31. The lowest BCUT2D eigenvalue weighted by Gasteiger charge is -2.01. The van der Waals surface area contributed by atoms with Crippen LogP contribution in [0, 0.1) is 0 Å². The molecule has 0 saturated carbocycles. The standard InChI is InChI=1S/C10H9BrN4/c1-2-7-15-10(12-13-14-15)8-3-5-9(11)6-4-8/h2-6H,1,7H2. The molecule has 76 valence electrons. The van der Waals surface area contributed by atoms with Crippen LogP contribution in [0.25, 0.3) is 11.4 Å². The van der Waals surface area contributed by atoms with Gasteiger partial charge in [0, 0.05) is 10.0 Å². The predicted molar refractivity (Wildman–Crippen MR) is 61.2 cm³/mol. The number of halogens is 1.